The molecule has 2 heterocycles. The molecular formula is C25H25FN6O2. The molecule has 4 rings (SSSR count). The van der Waals surface area contributed by atoms with Crippen LogP contribution in [0.15, 0.2) is 59.5 Å². The predicted octanol–water partition coefficient (Wildman–Crippen LogP) is 4.37. The van der Waals surface area contributed by atoms with Crippen molar-refractivity contribution in [1.82, 2.24) is 19.9 Å². The van der Waals surface area contributed by atoms with Crippen LogP contribution in [0.25, 0.3) is 22.2 Å². The number of pyridine rings is 1. The van der Waals surface area contributed by atoms with Gasteiger partial charge in [-0.3, -0.25) is 9.36 Å². The fraction of sp³-hybridized carbons (Fsp3) is 0.200. The third-order valence-corrected chi connectivity index (χ3v) is 5.67. The average Bonchev–Trinajstić information content (AvgIpc) is 2.83. The van der Waals surface area contributed by atoms with Gasteiger partial charge >= 0.3 is 6.03 Å². The molecule has 4 aromatic rings. The molecular weight excluding hydrogens is 435 g/mol. The predicted molar refractivity (Wildman–Crippen MR) is 131 cm³/mol. The molecule has 2 aromatic heterocycles. The number of aromatic nitrogens is 3. The van der Waals surface area contributed by atoms with Crippen molar-refractivity contribution in [3.63, 3.8) is 0 Å². The van der Waals surface area contributed by atoms with Crippen molar-refractivity contribution < 1.29 is 9.18 Å². The summed E-state index contributed by atoms with van der Waals surface area (Å²) >= 11 is 0. The Balaban J connectivity index is 1.68. The van der Waals surface area contributed by atoms with Gasteiger partial charge in [0.05, 0.1) is 11.7 Å². The summed E-state index contributed by atoms with van der Waals surface area (Å²) in [6.07, 6.45) is 1.62. The number of halogens is 1. The maximum Gasteiger partial charge on any atom is 0.319 e. The van der Waals surface area contributed by atoms with Gasteiger partial charge in [0.15, 0.2) is 0 Å². The van der Waals surface area contributed by atoms with Crippen LogP contribution in [-0.2, 0) is 7.05 Å². The lowest BCUT2D eigenvalue weighted by molar-refractivity contribution is 0.249. The number of aryl methyl sites for hydroxylation is 2. The van der Waals surface area contributed by atoms with Crippen LogP contribution in [0.3, 0.4) is 0 Å². The second-order valence-corrected chi connectivity index (χ2v) is 8.02. The molecule has 1 atom stereocenters. The summed E-state index contributed by atoms with van der Waals surface area (Å²) in [4.78, 5) is 34.3. The van der Waals surface area contributed by atoms with Crippen LogP contribution >= 0.6 is 0 Å². The lowest BCUT2D eigenvalue weighted by Crippen LogP contribution is -2.31. The first-order chi connectivity index (χ1) is 16.3. The number of benzene rings is 2. The van der Waals surface area contributed by atoms with E-state index in [-0.39, 0.29) is 17.3 Å². The van der Waals surface area contributed by atoms with E-state index in [0.29, 0.717) is 33.7 Å². The Bertz CT molecular complexity index is 1440. The number of carbonyl (C=O) groups is 1. The second kappa shape index (κ2) is 9.30. The van der Waals surface area contributed by atoms with Gasteiger partial charge in [-0.2, -0.15) is 4.98 Å². The highest BCUT2D eigenvalue weighted by atomic mass is 19.1. The van der Waals surface area contributed by atoms with Crippen LogP contribution in [-0.4, -0.2) is 27.6 Å². The summed E-state index contributed by atoms with van der Waals surface area (Å²) in [6.45, 7) is 3.55. The maximum absolute atomic E-state index is 14.7. The number of carbonyl (C=O) groups excluding carboxylic acids is 1. The molecule has 0 radical (unpaired) electrons. The number of rotatable bonds is 5. The molecule has 0 aliphatic rings. The zero-order valence-corrected chi connectivity index (χ0v) is 19.3. The van der Waals surface area contributed by atoms with Crippen molar-refractivity contribution in [2.24, 2.45) is 7.05 Å². The Morgan fingerprint density at radius 1 is 1.12 bits per heavy atom. The topological polar surface area (TPSA) is 101 Å². The van der Waals surface area contributed by atoms with Crippen molar-refractivity contribution in [2.75, 3.05) is 17.7 Å². The molecule has 3 N–H and O–H groups in total. The number of anilines is 2. The minimum Gasteiger partial charge on any atom is -0.357 e. The molecule has 9 heteroatoms. The highest BCUT2D eigenvalue weighted by molar-refractivity contribution is 5.91. The lowest BCUT2D eigenvalue weighted by atomic mass is 9.99. The molecule has 2 amide bonds. The van der Waals surface area contributed by atoms with Crippen LogP contribution in [0.4, 0.5) is 20.8 Å². The van der Waals surface area contributed by atoms with Crippen LogP contribution < -0.4 is 21.5 Å². The van der Waals surface area contributed by atoms with Gasteiger partial charge in [0.25, 0.3) is 5.56 Å². The summed E-state index contributed by atoms with van der Waals surface area (Å²) in [7, 11) is 3.32. The van der Waals surface area contributed by atoms with E-state index in [2.05, 4.69) is 25.9 Å². The zero-order valence-electron chi connectivity index (χ0n) is 19.3. The minimum absolute atomic E-state index is 0.0257. The van der Waals surface area contributed by atoms with Gasteiger partial charge in [0.1, 0.15) is 11.5 Å². The van der Waals surface area contributed by atoms with Crippen molar-refractivity contribution in [2.45, 2.75) is 19.9 Å². The summed E-state index contributed by atoms with van der Waals surface area (Å²) in [5.74, 6) is -0.196. The Labute approximate surface area is 195 Å². The molecule has 0 bridgehead atoms. The van der Waals surface area contributed by atoms with Crippen LogP contribution in [0.5, 0.6) is 0 Å². The first-order valence-electron chi connectivity index (χ1n) is 10.8. The van der Waals surface area contributed by atoms with Crippen molar-refractivity contribution in [3.8, 4) is 11.1 Å². The summed E-state index contributed by atoms with van der Waals surface area (Å²) in [5, 5.41) is 8.87. The van der Waals surface area contributed by atoms with Crippen molar-refractivity contribution in [3.05, 3.63) is 82.0 Å². The van der Waals surface area contributed by atoms with Gasteiger partial charge < -0.3 is 16.0 Å². The molecule has 0 aliphatic heterocycles. The number of amides is 2. The molecule has 174 valence electrons. The molecule has 0 saturated carbocycles. The van der Waals surface area contributed by atoms with Gasteiger partial charge in [-0.05, 0) is 48.7 Å². The summed E-state index contributed by atoms with van der Waals surface area (Å²) in [5.41, 5.74) is 2.50. The van der Waals surface area contributed by atoms with E-state index >= 15 is 0 Å². The third-order valence-electron chi connectivity index (χ3n) is 5.67. The third kappa shape index (κ3) is 4.45. The number of fused-ring (bicyclic) bond motifs is 1. The standard InChI is InChI=1S/C25H25FN6O2/c1-14-10-20(26)21(30-25(34)29-15(2)16-8-6-5-7-9-16)12-18(14)19-11-17-13-28-24(27-3)31-22(17)32(4)23(19)33/h5-13,15H,1-4H3,(H,27,28,31)(H2,29,30,34)/t15-/m1/s1. The molecule has 0 saturated heterocycles. The summed E-state index contributed by atoms with van der Waals surface area (Å²) < 4.78 is 16.2. The van der Waals surface area contributed by atoms with E-state index in [1.165, 1.54) is 16.7 Å². The summed E-state index contributed by atoms with van der Waals surface area (Å²) in [6, 6.07) is 13.1. The molecule has 0 unspecified atom stereocenters. The molecule has 2 aromatic carbocycles. The Morgan fingerprint density at radius 2 is 1.85 bits per heavy atom. The average molecular weight is 461 g/mol. The van der Waals surface area contributed by atoms with Crippen LogP contribution in [0, 0.1) is 12.7 Å². The molecule has 8 nitrogen and oxygen atoms in total. The highest BCUT2D eigenvalue weighted by Crippen LogP contribution is 2.29. The second-order valence-electron chi connectivity index (χ2n) is 8.02. The fourth-order valence-corrected chi connectivity index (χ4v) is 3.80. The van der Waals surface area contributed by atoms with E-state index in [4.69, 9.17) is 0 Å². The molecule has 0 aliphatic carbocycles. The lowest BCUT2D eigenvalue weighted by Gasteiger charge is -2.17. The normalized spacial score (nSPS) is 11.8. The fourth-order valence-electron chi connectivity index (χ4n) is 3.80. The van der Waals surface area contributed by atoms with Crippen molar-refractivity contribution >= 4 is 28.7 Å². The Hall–Kier alpha value is -4.27. The molecule has 0 spiro atoms. The van der Waals surface area contributed by atoms with E-state index in [1.807, 2.05) is 37.3 Å². The molecule has 34 heavy (non-hydrogen) atoms. The van der Waals surface area contributed by atoms with Gasteiger partial charge in [0, 0.05) is 31.2 Å². The maximum atomic E-state index is 14.7. The smallest absolute Gasteiger partial charge is 0.319 e. The van der Waals surface area contributed by atoms with Crippen LogP contribution in [0.1, 0.15) is 24.1 Å². The largest absolute Gasteiger partial charge is 0.357 e. The molecule has 0 fully saturated rings. The Kier molecular flexibility index (Phi) is 6.27. The van der Waals surface area contributed by atoms with E-state index in [9.17, 15) is 14.0 Å². The van der Waals surface area contributed by atoms with Crippen molar-refractivity contribution in [1.29, 1.82) is 0 Å². The first-order valence-corrected chi connectivity index (χ1v) is 10.8. The zero-order chi connectivity index (χ0) is 24.4. The van der Waals surface area contributed by atoms with E-state index in [0.717, 1.165) is 5.56 Å². The number of urea groups is 1. The van der Waals surface area contributed by atoms with Gasteiger partial charge in [-0.15, -0.1) is 0 Å². The van der Waals surface area contributed by atoms with E-state index in [1.54, 1.807) is 33.3 Å². The van der Waals surface area contributed by atoms with Crippen LogP contribution in [0.2, 0.25) is 0 Å². The monoisotopic (exact) mass is 460 g/mol. The SMILES string of the molecule is CNc1ncc2cc(-c3cc(NC(=O)N[C@H](C)c4ccccc4)c(F)cc3C)c(=O)n(C)c2n1. The van der Waals surface area contributed by atoms with Gasteiger partial charge in [-0.1, -0.05) is 30.3 Å². The van der Waals surface area contributed by atoms with E-state index < -0.39 is 11.8 Å². The highest BCUT2D eigenvalue weighted by Gasteiger charge is 2.17. The number of nitrogens with one attached hydrogen (secondary N) is 3. The first kappa shape index (κ1) is 22.9. The number of hydrogen-bond donors (Lipinski definition) is 3. The van der Waals surface area contributed by atoms with Gasteiger partial charge in [-0.25, -0.2) is 14.2 Å². The number of nitrogens with zero attached hydrogens (tertiary/aromatic N) is 3. The number of hydrogen-bond acceptors (Lipinski definition) is 5. The Morgan fingerprint density at radius 3 is 2.56 bits per heavy atom. The quantitative estimate of drug-likeness (QED) is 0.411. The minimum atomic E-state index is -0.594. The van der Waals surface area contributed by atoms with Gasteiger partial charge in [0.2, 0.25) is 5.95 Å².